The van der Waals surface area contributed by atoms with E-state index in [0.717, 1.165) is 5.56 Å². The highest BCUT2D eigenvalue weighted by molar-refractivity contribution is 6.30. The molecule has 0 radical (unpaired) electrons. The Morgan fingerprint density at radius 3 is 2.52 bits per heavy atom. The number of halogens is 1. The van der Waals surface area contributed by atoms with Crippen LogP contribution in [0.5, 0.6) is 11.5 Å². The number of amides is 1. The number of nitrogens with zero attached hydrogens (tertiary/aromatic N) is 2. The summed E-state index contributed by atoms with van der Waals surface area (Å²) < 4.78 is 10.4. The molecule has 0 bridgehead atoms. The Balaban J connectivity index is 1.58. The summed E-state index contributed by atoms with van der Waals surface area (Å²) in [4.78, 5) is 34.0. The maximum absolute atomic E-state index is 12.7. The second-order valence-electron chi connectivity index (χ2n) is 7.19. The lowest BCUT2D eigenvalue weighted by molar-refractivity contribution is 0.0962. The van der Waals surface area contributed by atoms with E-state index in [4.69, 9.17) is 21.1 Å². The Morgan fingerprint density at radius 2 is 1.84 bits per heavy atom. The summed E-state index contributed by atoms with van der Waals surface area (Å²) in [6, 6.07) is 12.3. The summed E-state index contributed by atoms with van der Waals surface area (Å²) in [5.74, 6) is 0.647. The number of rotatable bonds is 5. The molecule has 1 amide bonds. The number of carbonyl (C=O) groups is 2. The Bertz CT molecular complexity index is 1140. The van der Waals surface area contributed by atoms with Gasteiger partial charge >= 0.3 is 0 Å². The quantitative estimate of drug-likeness (QED) is 0.639. The number of nitrogens with one attached hydrogen (secondary N) is 1. The number of ketones is 1. The molecular formula is C23H20ClN3O4. The van der Waals surface area contributed by atoms with E-state index in [1.54, 1.807) is 24.3 Å². The molecule has 0 spiro atoms. The maximum Gasteiger partial charge on any atom is 0.258 e. The van der Waals surface area contributed by atoms with Gasteiger partial charge in [0, 0.05) is 29.3 Å². The highest BCUT2D eigenvalue weighted by Crippen LogP contribution is 2.33. The molecule has 0 aliphatic heterocycles. The van der Waals surface area contributed by atoms with E-state index in [0.29, 0.717) is 46.2 Å². The minimum absolute atomic E-state index is 0.0263. The van der Waals surface area contributed by atoms with E-state index >= 15 is 0 Å². The van der Waals surface area contributed by atoms with Crippen molar-refractivity contribution in [2.75, 3.05) is 19.5 Å². The van der Waals surface area contributed by atoms with Gasteiger partial charge in [0.15, 0.2) is 5.78 Å². The zero-order valence-corrected chi connectivity index (χ0v) is 17.8. The molecule has 0 fully saturated rings. The third kappa shape index (κ3) is 4.51. The van der Waals surface area contributed by atoms with Crippen LogP contribution in [-0.2, 0) is 6.42 Å². The van der Waals surface area contributed by atoms with Gasteiger partial charge in [0.1, 0.15) is 11.5 Å². The summed E-state index contributed by atoms with van der Waals surface area (Å²) >= 11 is 6.11. The zero-order chi connectivity index (χ0) is 22.0. The number of Topliss-reactive ketones (excluding diaryl/α,β-unsaturated/α-hetero) is 1. The molecule has 8 heteroatoms. The number of hydrogen-bond donors (Lipinski definition) is 1. The number of fused-ring (bicyclic) bond motifs is 1. The molecule has 0 saturated heterocycles. The molecule has 1 aromatic heterocycles. The Hall–Kier alpha value is -3.45. The van der Waals surface area contributed by atoms with Gasteiger partial charge in [0.05, 0.1) is 25.5 Å². The van der Waals surface area contributed by atoms with Crippen molar-refractivity contribution in [3.05, 3.63) is 76.1 Å². The average Bonchev–Trinajstić information content (AvgIpc) is 2.78. The standard InChI is InChI=1S/C23H20ClN3O4/c1-30-17-7-15(8-18(11-17)31-2)22(29)27-23-25-12-19-20(26-23)9-14(10-21(19)28)13-4-3-5-16(24)6-13/h3-8,11-12,14H,9-10H2,1-2H3,(H,25,26,27,29). The third-order valence-electron chi connectivity index (χ3n) is 5.20. The van der Waals surface area contributed by atoms with Crippen LogP contribution in [-0.4, -0.2) is 35.9 Å². The van der Waals surface area contributed by atoms with E-state index in [9.17, 15) is 9.59 Å². The summed E-state index contributed by atoms with van der Waals surface area (Å²) in [6.45, 7) is 0. The van der Waals surface area contributed by atoms with Crippen molar-refractivity contribution in [2.24, 2.45) is 0 Å². The molecule has 1 unspecified atom stereocenters. The SMILES string of the molecule is COc1cc(OC)cc(C(=O)Nc2ncc3c(n2)CC(c2cccc(Cl)c2)CC3=O)c1. The molecular weight excluding hydrogens is 418 g/mol. The summed E-state index contributed by atoms with van der Waals surface area (Å²) in [6.07, 6.45) is 2.40. The van der Waals surface area contributed by atoms with E-state index in [1.165, 1.54) is 20.4 Å². The van der Waals surface area contributed by atoms with Crippen LogP contribution in [0.15, 0.2) is 48.7 Å². The van der Waals surface area contributed by atoms with Crippen LogP contribution in [0, 0.1) is 0 Å². The fourth-order valence-corrected chi connectivity index (χ4v) is 3.81. The maximum atomic E-state index is 12.7. The van der Waals surface area contributed by atoms with Crippen molar-refractivity contribution in [3.63, 3.8) is 0 Å². The highest BCUT2D eigenvalue weighted by Gasteiger charge is 2.28. The fourth-order valence-electron chi connectivity index (χ4n) is 3.61. The largest absolute Gasteiger partial charge is 0.497 e. The van der Waals surface area contributed by atoms with E-state index in [1.807, 2.05) is 18.2 Å². The molecule has 1 aliphatic rings. The molecule has 2 aromatic carbocycles. The van der Waals surface area contributed by atoms with Crippen molar-refractivity contribution in [1.82, 2.24) is 9.97 Å². The van der Waals surface area contributed by atoms with E-state index in [2.05, 4.69) is 15.3 Å². The minimum atomic E-state index is -0.411. The van der Waals surface area contributed by atoms with Gasteiger partial charge < -0.3 is 9.47 Å². The first-order valence-electron chi connectivity index (χ1n) is 9.66. The van der Waals surface area contributed by atoms with Gasteiger partial charge in [-0.25, -0.2) is 9.97 Å². The molecule has 1 heterocycles. The monoisotopic (exact) mass is 437 g/mol. The van der Waals surface area contributed by atoms with Crippen LogP contribution in [0.25, 0.3) is 0 Å². The third-order valence-corrected chi connectivity index (χ3v) is 5.43. The number of methoxy groups -OCH3 is 2. The molecule has 4 rings (SSSR count). The predicted molar refractivity (Wildman–Crippen MR) is 116 cm³/mol. The van der Waals surface area contributed by atoms with Gasteiger partial charge in [0.25, 0.3) is 5.91 Å². The molecule has 0 saturated carbocycles. The van der Waals surface area contributed by atoms with Gasteiger partial charge in [0.2, 0.25) is 5.95 Å². The highest BCUT2D eigenvalue weighted by atomic mass is 35.5. The van der Waals surface area contributed by atoms with Gasteiger partial charge in [-0.3, -0.25) is 14.9 Å². The van der Waals surface area contributed by atoms with E-state index in [-0.39, 0.29) is 17.6 Å². The lowest BCUT2D eigenvalue weighted by Gasteiger charge is -2.23. The van der Waals surface area contributed by atoms with E-state index < -0.39 is 5.91 Å². The van der Waals surface area contributed by atoms with Crippen LogP contribution in [0.1, 0.15) is 44.3 Å². The van der Waals surface area contributed by atoms with Gasteiger partial charge in [-0.05, 0) is 42.2 Å². The first kappa shape index (κ1) is 20.8. The van der Waals surface area contributed by atoms with Crippen LogP contribution < -0.4 is 14.8 Å². The van der Waals surface area contributed by atoms with Gasteiger partial charge in [-0.1, -0.05) is 23.7 Å². The lowest BCUT2D eigenvalue weighted by Crippen LogP contribution is -2.22. The minimum Gasteiger partial charge on any atom is -0.497 e. The molecule has 1 atom stereocenters. The normalized spacial score (nSPS) is 15.2. The Kier molecular flexibility index (Phi) is 5.86. The van der Waals surface area contributed by atoms with Crippen molar-refractivity contribution in [2.45, 2.75) is 18.8 Å². The Labute approximate surface area is 184 Å². The second kappa shape index (κ2) is 8.73. The molecule has 3 aromatic rings. The van der Waals surface area contributed by atoms with Crippen LogP contribution >= 0.6 is 11.6 Å². The van der Waals surface area contributed by atoms with Crippen molar-refractivity contribution in [1.29, 1.82) is 0 Å². The van der Waals surface area contributed by atoms with Crippen LogP contribution in [0.4, 0.5) is 5.95 Å². The summed E-state index contributed by atoms with van der Waals surface area (Å²) in [5, 5.41) is 3.31. The number of anilines is 1. The first-order chi connectivity index (χ1) is 15.0. The number of benzene rings is 2. The number of ether oxygens (including phenoxy) is 2. The summed E-state index contributed by atoms with van der Waals surface area (Å²) in [5.41, 5.74) is 2.42. The molecule has 1 N–H and O–H groups in total. The number of aromatic nitrogens is 2. The van der Waals surface area contributed by atoms with Crippen molar-refractivity contribution in [3.8, 4) is 11.5 Å². The Morgan fingerprint density at radius 1 is 1.10 bits per heavy atom. The molecule has 158 valence electrons. The van der Waals surface area contributed by atoms with Gasteiger partial charge in [-0.15, -0.1) is 0 Å². The predicted octanol–water partition coefficient (Wildman–Crippen LogP) is 4.31. The lowest BCUT2D eigenvalue weighted by atomic mass is 9.82. The average molecular weight is 438 g/mol. The topological polar surface area (TPSA) is 90.4 Å². The number of hydrogen-bond acceptors (Lipinski definition) is 6. The second-order valence-corrected chi connectivity index (χ2v) is 7.63. The molecule has 1 aliphatic carbocycles. The first-order valence-corrected chi connectivity index (χ1v) is 10.0. The van der Waals surface area contributed by atoms with Crippen LogP contribution in [0.3, 0.4) is 0 Å². The molecule has 7 nitrogen and oxygen atoms in total. The fraction of sp³-hybridized carbons (Fsp3) is 0.217. The smallest absolute Gasteiger partial charge is 0.258 e. The molecule has 31 heavy (non-hydrogen) atoms. The van der Waals surface area contributed by atoms with Crippen molar-refractivity contribution < 1.29 is 19.1 Å². The zero-order valence-electron chi connectivity index (χ0n) is 17.0. The van der Waals surface area contributed by atoms with Crippen LogP contribution in [0.2, 0.25) is 5.02 Å². The van der Waals surface area contributed by atoms with Gasteiger partial charge in [-0.2, -0.15) is 0 Å². The van der Waals surface area contributed by atoms with Crippen molar-refractivity contribution >= 4 is 29.2 Å². The summed E-state index contributed by atoms with van der Waals surface area (Å²) in [7, 11) is 3.02. The number of carbonyl (C=O) groups excluding carboxylic acids is 2.